The highest BCUT2D eigenvalue weighted by Crippen LogP contribution is 2.24. The summed E-state index contributed by atoms with van der Waals surface area (Å²) in [5.74, 6) is -0.801. The lowest BCUT2D eigenvalue weighted by atomic mass is 10.1. The minimum Gasteiger partial charge on any atom is -0.356 e. The Kier molecular flexibility index (Phi) is 7.18. The molecular formula is C20H25FN6O2. The zero-order chi connectivity index (χ0) is 20.6. The number of nitrogens with zero attached hydrogens (tertiary/aromatic N) is 4. The van der Waals surface area contributed by atoms with E-state index in [1.54, 1.807) is 18.6 Å². The lowest BCUT2D eigenvalue weighted by Crippen LogP contribution is -2.42. The first-order valence-electron chi connectivity index (χ1n) is 9.66. The second-order valence-corrected chi connectivity index (χ2v) is 7.12. The summed E-state index contributed by atoms with van der Waals surface area (Å²) >= 11 is 0. The fraction of sp³-hybridized carbons (Fsp3) is 0.450. The Hall–Kier alpha value is -2.94. The summed E-state index contributed by atoms with van der Waals surface area (Å²) in [6.45, 7) is 0.983. The van der Waals surface area contributed by atoms with Crippen LogP contribution in [-0.2, 0) is 11.2 Å². The first-order valence-corrected chi connectivity index (χ1v) is 9.66. The predicted molar refractivity (Wildman–Crippen MR) is 104 cm³/mol. The van der Waals surface area contributed by atoms with Crippen molar-refractivity contribution in [2.45, 2.75) is 37.8 Å². The number of hydrogen-bond donors (Lipinski definition) is 2. The van der Waals surface area contributed by atoms with Gasteiger partial charge in [-0.2, -0.15) is 0 Å². The highest BCUT2D eigenvalue weighted by molar-refractivity contribution is 5.92. The molecule has 2 N–H and O–H groups in total. The van der Waals surface area contributed by atoms with Crippen molar-refractivity contribution in [2.75, 3.05) is 20.1 Å². The molecule has 2 aromatic rings. The summed E-state index contributed by atoms with van der Waals surface area (Å²) in [4.78, 5) is 38.5. The molecule has 1 aliphatic rings. The van der Waals surface area contributed by atoms with Crippen LogP contribution in [0.4, 0.5) is 4.39 Å². The van der Waals surface area contributed by atoms with Crippen LogP contribution in [0, 0.1) is 5.82 Å². The zero-order valence-electron chi connectivity index (χ0n) is 16.3. The van der Waals surface area contributed by atoms with Crippen molar-refractivity contribution in [1.29, 1.82) is 0 Å². The van der Waals surface area contributed by atoms with E-state index >= 15 is 0 Å². The van der Waals surface area contributed by atoms with Gasteiger partial charge in [-0.25, -0.2) is 9.37 Å². The standard InChI is InChI=1S/C20H25FN6O2/c1-27-16(10-19(28)24-7-6-15-12-22-8-9-23-15)3-4-17(27)13-26-20(29)18-5-2-14(21)11-25-18/h2,5,8-9,11-12,16-17H,3-4,6-7,10,13H2,1H3,(H,24,28)(H,26,29)/t16-,17+/m1/s1. The van der Waals surface area contributed by atoms with Gasteiger partial charge < -0.3 is 10.6 Å². The van der Waals surface area contributed by atoms with Crippen molar-refractivity contribution >= 4 is 11.8 Å². The molecule has 9 heteroatoms. The molecule has 2 amide bonds. The van der Waals surface area contributed by atoms with Crippen molar-refractivity contribution in [1.82, 2.24) is 30.5 Å². The third-order valence-corrected chi connectivity index (χ3v) is 5.18. The number of carbonyl (C=O) groups excluding carboxylic acids is 2. The van der Waals surface area contributed by atoms with E-state index in [0.29, 0.717) is 25.9 Å². The van der Waals surface area contributed by atoms with Gasteiger partial charge >= 0.3 is 0 Å². The van der Waals surface area contributed by atoms with Crippen molar-refractivity contribution in [3.05, 3.63) is 54.1 Å². The summed E-state index contributed by atoms with van der Waals surface area (Å²) in [6, 6.07) is 2.86. The van der Waals surface area contributed by atoms with Gasteiger partial charge in [-0.15, -0.1) is 0 Å². The summed E-state index contributed by atoms with van der Waals surface area (Å²) in [6.07, 6.45) is 8.82. The molecule has 1 saturated heterocycles. The van der Waals surface area contributed by atoms with Gasteiger partial charge in [0.1, 0.15) is 11.5 Å². The molecule has 2 aromatic heterocycles. The quantitative estimate of drug-likeness (QED) is 0.685. The summed E-state index contributed by atoms with van der Waals surface area (Å²) < 4.78 is 12.9. The molecule has 1 fully saturated rings. The van der Waals surface area contributed by atoms with Gasteiger partial charge in [-0.3, -0.25) is 24.5 Å². The van der Waals surface area contributed by atoms with Gasteiger partial charge in [0.15, 0.2) is 0 Å². The fourth-order valence-corrected chi connectivity index (χ4v) is 3.47. The number of likely N-dealkylation sites (N-methyl/N-ethyl adjacent to an activating group) is 1. The number of hydrogen-bond acceptors (Lipinski definition) is 6. The Morgan fingerprint density at radius 2 is 1.97 bits per heavy atom. The fourth-order valence-electron chi connectivity index (χ4n) is 3.47. The van der Waals surface area contributed by atoms with E-state index in [0.717, 1.165) is 24.7 Å². The third-order valence-electron chi connectivity index (χ3n) is 5.18. The number of aromatic nitrogens is 3. The van der Waals surface area contributed by atoms with E-state index in [1.165, 1.54) is 12.1 Å². The molecule has 0 bridgehead atoms. The van der Waals surface area contributed by atoms with Crippen molar-refractivity contribution in [2.24, 2.45) is 0 Å². The van der Waals surface area contributed by atoms with Gasteiger partial charge in [0.2, 0.25) is 5.91 Å². The number of pyridine rings is 1. The molecule has 0 radical (unpaired) electrons. The molecule has 8 nitrogen and oxygen atoms in total. The van der Waals surface area contributed by atoms with E-state index in [1.807, 2.05) is 7.05 Å². The number of likely N-dealkylation sites (tertiary alicyclic amines) is 1. The largest absolute Gasteiger partial charge is 0.356 e. The lowest BCUT2D eigenvalue weighted by molar-refractivity contribution is -0.122. The molecule has 0 aromatic carbocycles. The Morgan fingerprint density at radius 1 is 1.14 bits per heavy atom. The van der Waals surface area contributed by atoms with Gasteiger partial charge in [0, 0.05) is 56.6 Å². The number of halogens is 1. The minimum absolute atomic E-state index is 0.00550. The molecular weight excluding hydrogens is 375 g/mol. The Balaban J connectivity index is 1.38. The van der Waals surface area contributed by atoms with Crippen molar-refractivity contribution in [3.63, 3.8) is 0 Å². The Bertz CT molecular complexity index is 817. The van der Waals surface area contributed by atoms with Crippen molar-refractivity contribution in [3.8, 4) is 0 Å². The molecule has 0 spiro atoms. The van der Waals surface area contributed by atoms with Gasteiger partial charge in [0.05, 0.1) is 11.9 Å². The third kappa shape index (κ3) is 6.02. The molecule has 29 heavy (non-hydrogen) atoms. The van der Waals surface area contributed by atoms with Crippen LogP contribution in [0.15, 0.2) is 36.9 Å². The molecule has 154 valence electrons. The molecule has 1 aliphatic heterocycles. The molecule has 0 aliphatic carbocycles. The normalized spacial score (nSPS) is 19.1. The van der Waals surface area contributed by atoms with E-state index in [4.69, 9.17) is 0 Å². The van der Waals surface area contributed by atoms with Crippen LogP contribution in [0.3, 0.4) is 0 Å². The lowest BCUT2D eigenvalue weighted by Gasteiger charge is -2.25. The maximum absolute atomic E-state index is 12.9. The molecule has 3 rings (SSSR count). The smallest absolute Gasteiger partial charge is 0.269 e. The monoisotopic (exact) mass is 400 g/mol. The summed E-state index contributed by atoms with van der Waals surface area (Å²) in [5.41, 5.74) is 1.03. The van der Waals surface area contributed by atoms with Crippen LogP contribution in [0.1, 0.15) is 35.4 Å². The maximum Gasteiger partial charge on any atom is 0.269 e. The Labute approximate surface area is 169 Å². The topological polar surface area (TPSA) is 100 Å². The molecule has 0 unspecified atom stereocenters. The van der Waals surface area contributed by atoms with Crippen LogP contribution in [-0.4, -0.2) is 63.9 Å². The van der Waals surface area contributed by atoms with Gasteiger partial charge in [0.25, 0.3) is 5.91 Å². The van der Waals surface area contributed by atoms with Crippen LogP contribution in [0.5, 0.6) is 0 Å². The number of carbonyl (C=O) groups is 2. The first-order chi connectivity index (χ1) is 14.0. The van der Waals surface area contributed by atoms with Crippen LogP contribution < -0.4 is 10.6 Å². The highest BCUT2D eigenvalue weighted by Gasteiger charge is 2.31. The summed E-state index contributed by atoms with van der Waals surface area (Å²) in [5, 5.41) is 5.77. The van der Waals surface area contributed by atoms with Crippen LogP contribution in [0.2, 0.25) is 0 Å². The van der Waals surface area contributed by atoms with E-state index in [9.17, 15) is 14.0 Å². The predicted octanol–water partition coefficient (Wildman–Crippen LogP) is 0.952. The van der Waals surface area contributed by atoms with Crippen LogP contribution >= 0.6 is 0 Å². The molecule has 0 saturated carbocycles. The number of amides is 2. The number of rotatable bonds is 8. The van der Waals surface area contributed by atoms with Crippen molar-refractivity contribution < 1.29 is 14.0 Å². The second kappa shape index (κ2) is 10.0. The van der Waals surface area contributed by atoms with Gasteiger partial charge in [-0.1, -0.05) is 0 Å². The first kappa shape index (κ1) is 20.8. The van der Waals surface area contributed by atoms with E-state index < -0.39 is 5.82 Å². The van der Waals surface area contributed by atoms with Gasteiger partial charge in [-0.05, 0) is 32.0 Å². The zero-order valence-corrected chi connectivity index (χ0v) is 16.3. The minimum atomic E-state index is -0.477. The maximum atomic E-state index is 12.9. The average Bonchev–Trinajstić information content (AvgIpc) is 3.07. The van der Waals surface area contributed by atoms with E-state index in [2.05, 4.69) is 30.5 Å². The summed E-state index contributed by atoms with van der Waals surface area (Å²) in [7, 11) is 1.97. The molecule has 2 atom stereocenters. The number of nitrogens with one attached hydrogen (secondary N) is 2. The molecule has 3 heterocycles. The second-order valence-electron chi connectivity index (χ2n) is 7.12. The highest BCUT2D eigenvalue weighted by atomic mass is 19.1. The van der Waals surface area contributed by atoms with E-state index in [-0.39, 0.29) is 29.6 Å². The SMILES string of the molecule is CN1[C@@H](CC(=O)NCCc2cnccn2)CC[C@H]1CNC(=O)c1ccc(F)cn1. The average molecular weight is 400 g/mol. The Morgan fingerprint density at radius 3 is 2.69 bits per heavy atom. The van der Waals surface area contributed by atoms with Crippen LogP contribution in [0.25, 0.3) is 0 Å².